The van der Waals surface area contributed by atoms with Gasteiger partial charge in [-0.2, -0.15) is 0 Å². The number of hydrogen-bond donors (Lipinski definition) is 2. The number of rotatable bonds is 10. The predicted octanol–water partition coefficient (Wildman–Crippen LogP) is 3.26. The molecule has 2 N–H and O–H groups in total. The molecule has 10 heteroatoms. The summed E-state index contributed by atoms with van der Waals surface area (Å²) in [6.45, 7) is 4.13. The van der Waals surface area contributed by atoms with Crippen molar-refractivity contribution in [2.75, 3.05) is 53.6 Å². The fourth-order valence-corrected chi connectivity index (χ4v) is 3.46. The zero-order valence-corrected chi connectivity index (χ0v) is 20.8. The number of ether oxygens (including phenoxy) is 4. The Morgan fingerprint density at radius 2 is 1.15 bits per heavy atom. The molecule has 0 radical (unpaired) electrons. The van der Waals surface area contributed by atoms with Crippen molar-refractivity contribution >= 4 is 36.5 Å². The summed E-state index contributed by atoms with van der Waals surface area (Å²) in [5.74, 6) is 4.50. The van der Waals surface area contributed by atoms with Gasteiger partial charge < -0.3 is 29.6 Å². The molecule has 2 aliphatic heterocycles. The molecule has 0 aliphatic carbocycles. The fourth-order valence-electron chi connectivity index (χ4n) is 3.46. The monoisotopic (exact) mass is 508 g/mol. The van der Waals surface area contributed by atoms with Gasteiger partial charge in [0.15, 0.2) is 23.0 Å². The average Bonchev–Trinajstić information content (AvgIpc) is 3.56. The number of hydrogen-bond acceptors (Lipinski definition) is 8. The number of nitrogens with one attached hydrogen (secondary N) is 2. The van der Waals surface area contributed by atoms with Crippen LogP contribution in [0.4, 0.5) is 0 Å². The molecular formula is C24H30Cl2N4O4. The van der Waals surface area contributed by atoms with Crippen molar-refractivity contribution in [3.05, 3.63) is 59.7 Å². The van der Waals surface area contributed by atoms with Gasteiger partial charge in [0.1, 0.15) is 24.9 Å². The van der Waals surface area contributed by atoms with E-state index in [0.29, 0.717) is 36.2 Å². The summed E-state index contributed by atoms with van der Waals surface area (Å²) in [5.41, 5.74) is 1.98. The SMILES string of the molecule is COc1cc(C2=NCCN2)ccc1OC/C=C\COc1ccc(C2=NCCN2)cc1OC.Cl.Cl. The number of methoxy groups -OCH3 is 2. The van der Waals surface area contributed by atoms with Gasteiger partial charge in [-0.05, 0) is 48.6 Å². The number of benzene rings is 2. The Labute approximate surface area is 212 Å². The minimum Gasteiger partial charge on any atom is -0.493 e. The second kappa shape index (κ2) is 13.6. The van der Waals surface area contributed by atoms with Gasteiger partial charge in [-0.25, -0.2) is 0 Å². The Morgan fingerprint density at radius 3 is 1.50 bits per heavy atom. The van der Waals surface area contributed by atoms with Gasteiger partial charge in [-0.15, -0.1) is 24.8 Å². The molecule has 2 aromatic carbocycles. The minimum atomic E-state index is 0. The van der Waals surface area contributed by atoms with Crippen LogP contribution >= 0.6 is 24.8 Å². The molecule has 184 valence electrons. The zero-order chi connectivity index (χ0) is 22.2. The maximum atomic E-state index is 5.84. The fraction of sp³-hybridized carbons (Fsp3) is 0.333. The normalized spacial score (nSPS) is 14.2. The summed E-state index contributed by atoms with van der Waals surface area (Å²) in [6, 6.07) is 11.6. The van der Waals surface area contributed by atoms with Crippen molar-refractivity contribution in [1.29, 1.82) is 0 Å². The number of halogens is 2. The van der Waals surface area contributed by atoms with Crippen molar-refractivity contribution in [3.63, 3.8) is 0 Å². The third-order valence-corrected chi connectivity index (χ3v) is 5.06. The predicted molar refractivity (Wildman–Crippen MR) is 139 cm³/mol. The largest absolute Gasteiger partial charge is 0.493 e. The first-order valence-electron chi connectivity index (χ1n) is 10.6. The second-order valence-electron chi connectivity index (χ2n) is 7.14. The first-order chi connectivity index (χ1) is 15.8. The van der Waals surface area contributed by atoms with E-state index < -0.39 is 0 Å². The van der Waals surface area contributed by atoms with Crippen LogP contribution in [0.5, 0.6) is 23.0 Å². The van der Waals surface area contributed by atoms with E-state index in [4.69, 9.17) is 18.9 Å². The molecular weight excluding hydrogens is 479 g/mol. The molecule has 0 spiro atoms. The molecule has 8 nitrogen and oxygen atoms in total. The molecule has 0 atom stereocenters. The van der Waals surface area contributed by atoms with Crippen LogP contribution in [0.25, 0.3) is 0 Å². The molecule has 0 bridgehead atoms. The van der Waals surface area contributed by atoms with Crippen molar-refractivity contribution in [3.8, 4) is 23.0 Å². The lowest BCUT2D eigenvalue weighted by atomic mass is 10.2. The molecule has 0 saturated carbocycles. The summed E-state index contributed by atoms with van der Waals surface area (Å²) in [5, 5.41) is 6.52. The van der Waals surface area contributed by atoms with Crippen LogP contribution in [-0.2, 0) is 0 Å². The quantitative estimate of drug-likeness (QED) is 0.479. The van der Waals surface area contributed by atoms with Gasteiger partial charge in [0.05, 0.1) is 27.3 Å². The van der Waals surface area contributed by atoms with Crippen molar-refractivity contribution in [2.45, 2.75) is 0 Å². The first-order valence-corrected chi connectivity index (χ1v) is 10.6. The van der Waals surface area contributed by atoms with E-state index in [1.807, 2.05) is 48.6 Å². The smallest absolute Gasteiger partial charge is 0.161 e. The van der Waals surface area contributed by atoms with Crippen LogP contribution in [0.1, 0.15) is 11.1 Å². The summed E-state index contributed by atoms with van der Waals surface area (Å²) in [7, 11) is 3.27. The van der Waals surface area contributed by atoms with Crippen LogP contribution in [0, 0.1) is 0 Å². The van der Waals surface area contributed by atoms with Crippen molar-refractivity contribution < 1.29 is 18.9 Å². The molecule has 2 aliphatic rings. The highest BCUT2D eigenvalue weighted by Crippen LogP contribution is 2.29. The van der Waals surface area contributed by atoms with E-state index in [0.717, 1.165) is 49.0 Å². The number of nitrogens with zero attached hydrogens (tertiary/aromatic N) is 2. The number of aliphatic imine (C=N–C) groups is 2. The van der Waals surface area contributed by atoms with Gasteiger partial charge in [-0.3, -0.25) is 9.98 Å². The maximum Gasteiger partial charge on any atom is 0.161 e. The molecule has 0 unspecified atom stereocenters. The number of amidine groups is 2. The Kier molecular flexibility index (Phi) is 10.8. The first kappa shape index (κ1) is 27.1. The molecule has 0 saturated heterocycles. The molecule has 2 aromatic rings. The third-order valence-electron chi connectivity index (χ3n) is 5.06. The highest BCUT2D eigenvalue weighted by Gasteiger charge is 2.13. The van der Waals surface area contributed by atoms with Crippen LogP contribution in [0.15, 0.2) is 58.5 Å². The Bertz CT molecular complexity index is 962. The van der Waals surface area contributed by atoms with E-state index in [-0.39, 0.29) is 24.8 Å². The van der Waals surface area contributed by atoms with Crippen molar-refractivity contribution in [1.82, 2.24) is 10.6 Å². The van der Waals surface area contributed by atoms with E-state index >= 15 is 0 Å². The van der Waals surface area contributed by atoms with Gasteiger partial charge in [0, 0.05) is 24.2 Å². The van der Waals surface area contributed by atoms with Gasteiger partial charge in [0.25, 0.3) is 0 Å². The van der Waals surface area contributed by atoms with Crippen LogP contribution < -0.4 is 29.6 Å². The highest BCUT2D eigenvalue weighted by molar-refractivity contribution is 6.00. The Morgan fingerprint density at radius 1 is 0.706 bits per heavy atom. The second-order valence-corrected chi connectivity index (χ2v) is 7.14. The highest BCUT2D eigenvalue weighted by atomic mass is 35.5. The van der Waals surface area contributed by atoms with Crippen molar-refractivity contribution in [2.24, 2.45) is 9.98 Å². The Hall–Kier alpha value is -3.10. The molecule has 0 amide bonds. The summed E-state index contributed by atoms with van der Waals surface area (Å²) in [4.78, 5) is 8.87. The summed E-state index contributed by atoms with van der Waals surface area (Å²) >= 11 is 0. The van der Waals surface area contributed by atoms with E-state index in [1.54, 1.807) is 14.2 Å². The van der Waals surface area contributed by atoms with Gasteiger partial charge in [0.2, 0.25) is 0 Å². The van der Waals surface area contributed by atoms with Crippen LogP contribution in [0.2, 0.25) is 0 Å². The maximum absolute atomic E-state index is 5.84. The topological polar surface area (TPSA) is 85.7 Å². The van der Waals surface area contributed by atoms with E-state index in [1.165, 1.54) is 0 Å². The molecule has 34 heavy (non-hydrogen) atoms. The van der Waals surface area contributed by atoms with Gasteiger partial charge in [-0.1, -0.05) is 0 Å². The van der Waals surface area contributed by atoms with E-state index in [2.05, 4.69) is 20.6 Å². The lowest BCUT2D eigenvalue weighted by Gasteiger charge is -2.12. The lowest BCUT2D eigenvalue weighted by Crippen LogP contribution is -2.19. The summed E-state index contributed by atoms with van der Waals surface area (Å²) < 4.78 is 22.6. The molecule has 2 heterocycles. The Balaban J connectivity index is 0.00000204. The minimum absolute atomic E-state index is 0. The van der Waals surface area contributed by atoms with Gasteiger partial charge >= 0.3 is 0 Å². The molecule has 4 rings (SSSR count). The zero-order valence-electron chi connectivity index (χ0n) is 19.2. The summed E-state index contributed by atoms with van der Waals surface area (Å²) in [6.07, 6.45) is 3.82. The van der Waals surface area contributed by atoms with E-state index in [9.17, 15) is 0 Å². The van der Waals surface area contributed by atoms with Crippen LogP contribution in [0.3, 0.4) is 0 Å². The lowest BCUT2D eigenvalue weighted by molar-refractivity contribution is 0.318. The molecule has 0 fully saturated rings. The van der Waals surface area contributed by atoms with Crippen LogP contribution in [-0.4, -0.2) is 65.3 Å². The third kappa shape index (κ3) is 6.71. The average molecular weight is 509 g/mol. The molecule has 0 aromatic heterocycles. The standard InChI is InChI=1S/C24H28N4O4.2ClH/c1-29-21-15-17(23-25-9-10-26-23)5-7-19(21)31-13-3-4-14-32-20-8-6-18(16-22(20)30-2)24-27-11-12-28-24;;/h3-8,15-16H,9-14H2,1-2H3,(H,25,26)(H,27,28);2*1H/b4-3-;;.